The molecule has 1 amide bonds. The number of carbonyl (C=O) groups is 1. The molecule has 0 radical (unpaired) electrons. The predicted octanol–water partition coefficient (Wildman–Crippen LogP) is 16.8. The zero-order chi connectivity index (χ0) is 45.1. The Morgan fingerprint density at radius 3 is 1.08 bits per heavy atom. The summed E-state index contributed by atoms with van der Waals surface area (Å²) in [4.78, 5) is 12.5. The molecule has 0 aliphatic heterocycles. The van der Waals surface area contributed by atoms with Crippen LogP contribution in [0.5, 0.6) is 0 Å². The van der Waals surface area contributed by atoms with Crippen molar-refractivity contribution in [2.45, 2.75) is 302 Å². The van der Waals surface area contributed by atoms with Crippen LogP contribution in [0.2, 0.25) is 0 Å². The van der Waals surface area contributed by atoms with Gasteiger partial charge in [-0.1, -0.05) is 268 Å². The van der Waals surface area contributed by atoms with Crippen LogP contribution in [0.15, 0.2) is 48.6 Å². The summed E-state index contributed by atoms with van der Waals surface area (Å²) in [5.41, 5.74) is 0. The van der Waals surface area contributed by atoms with E-state index in [4.69, 9.17) is 0 Å². The van der Waals surface area contributed by atoms with Gasteiger partial charge in [0, 0.05) is 0 Å². The number of hydrogen-bond donors (Lipinski definition) is 4. The molecule has 5 nitrogen and oxygen atoms in total. The summed E-state index contributed by atoms with van der Waals surface area (Å²) in [7, 11) is 0. The minimum absolute atomic E-state index is 0.376. The Morgan fingerprint density at radius 1 is 0.403 bits per heavy atom. The zero-order valence-electron chi connectivity index (χ0n) is 41.5. The van der Waals surface area contributed by atoms with Gasteiger partial charge < -0.3 is 20.6 Å². The van der Waals surface area contributed by atoms with Crippen LogP contribution in [0, 0.1) is 0 Å². The van der Waals surface area contributed by atoms with E-state index in [0.29, 0.717) is 6.42 Å². The number of aliphatic hydroxyl groups excluding tert-OH is 3. The Morgan fingerprint density at radius 2 is 0.710 bits per heavy atom. The number of amides is 1. The lowest BCUT2D eigenvalue weighted by Crippen LogP contribution is -2.48. The number of aliphatic hydroxyl groups is 3. The number of hydrogen-bond acceptors (Lipinski definition) is 4. The number of unbranched alkanes of at least 4 members (excludes halogenated alkanes) is 36. The van der Waals surface area contributed by atoms with E-state index in [1.54, 1.807) is 6.08 Å². The molecule has 62 heavy (non-hydrogen) atoms. The molecule has 0 rings (SSSR count). The maximum Gasteiger partial charge on any atom is 0.249 e. The van der Waals surface area contributed by atoms with Crippen LogP contribution in [-0.4, -0.2) is 46.1 Å². The summed E-state index contributed by atoms with van der Waals surface area (Å²) >= 11 is 0. The lowest BCUT2D eigenvalue weighted by molar-refractivity contribution is -0.131. The van der Waals surface area contributed by atoms with Crippen molar-refractivity contribution in [3.8, 4) is 0 Å². The fraction of sp³-hybridized carbons (Fsp3) is 0.842. The average molecular weight is 870 g/mol. The van der Waals surface area contributed by atoms with Gasteiger partial charge in [0.1, 0.15) is 6.10 Å². The van der Waals surface area contributed by atoms with E-state index in [1.807, 2.05) is 6.08 Å². The van der Waals surface area contributed by atoms with Gasteiger partial charge in [-0.2, -0.15) is 0 Å². The Labute approximate surface area is 387 Å². The van der Waals surface area contributed by atoms with Crippen molar-refractivity contribution in [3.05, 3.63) is 48.6 Å². The lowest BCUT2D eigenvalue weighted by atomic mass is 10.0. The summed E-state index contributed by atoms with van der Waals surface area (Å²) in [6, 6.07) is -0.816. The highest BCUT2D eigenvalue weighted by atomic mass is 16.3. The van der Waals surface area contributed by atoms with Gasteiger partial charge in [0.25, 0.3) is 0 Å². The number of nitrogens with one attached hydrogen (secondary N) is 1. The smallest absolute Gasteiger partial charge is 0.249 e. The van der Waals surface area contributed by atoms with Crippen molar-refractivity contribution in [2.24, 2.45) is 0 Å². The fourth-order valence-electron chi connectivity index (χ4n) is 8.35. The second-order valence-electron chi connectivity index (χ2n) is 18.8. The van der Waals surface area contributed by atoms with Crippen LogP contribution in [0.25, 0.3) is 0 Å². The molecule has 0 aliphatic rings. The van der Waals surface area contributed by atoms with Crippen LogP contribution in [0.1, 0.15) is 284 Å². The van der Waals surface area contributed by atoms with Gasteiger partial charge in [-0.25, -0.2) is 0 Å². The molecule has 0 aromatic carbocycles. The molecule has 3 atom stereocenters. The first-order chi connectivity index (χ1) is 30.6. The number of rotatable bonds is 50. The Kier molecular flexibility index (Phi) is 50.5. The van der Waals surface area contributed by atoms with E-state index in [2.05, 4.69) is 55.6 Å². The summed E-state index contributed by atoms with van der Waals surface area (Å²) in [6.07, 6.45) is 69.0. The lowest BCUT2D eigenvalue weighted by Gasteiger charge is -2.21. The highest BCUT2D eigenvalue weighted by molar-refractivity contribution is 5.80. The molecule has 4 N–H and O–H groups in total. The summed E-state index contributed by atoms with van der Waals surface area (Å²) in [5, 5.41) is 33.3. The van der Waals surface area contributed by atoms with E-state index in [0.717, 1.165) is 44.9 Å². The molecule has 0 saturated heterocycles. The highest BCUT2D eigenvalue weighted by Gasteiger charge is 2.22. The van der Waals surface area contributed by atoms with Crippen molar-refractivity contribution < 1.29 is 20.1 Å². The molecule has 0 aromatic heterocycles. The van der Waals surface area contributed by atoms with Gasteiger partial charge in [0.2, 0.25) is 5.91 Å². The van der Waals surface area contributed by atoms with Crippen molar-refractivity contribution in [3.63, 3.8) is 0 Å². The van der Waals surface area contributed by atoms with Gasteiger partial charge >= 0.3 is 0 Å². The monoisotopic (exact) mass is 870 g/mol. The van der Waals surface area contributed by atoms with E-state index in [9.17, 15) is 20.1 Å². The standard InChI is InChI=1S/C57H107NO4/c1-3-5-7-9-11-13-15-17-19-21-23-24-25-26-27-28-29-30-31-32-33-34-36-38-40-42-44-46-48-50-52-56(61)57(62)58-54(53-59)55(60)51-49-47-45-43-41-39-37-35-22-20-18-16-14-12-10-8-6-4-2/h23-24,26-27,41,43,49,51,54-56,59-61H,3-22,25,28-40,42,44-48,50,52-53H2,1-2H3,(H,58,62)/b24-23-,27-26-,43-41+,51-49+. The molecule has 0 saturated carbocycles. The van der Waals surface area contributed by atoms with Crippen LogP contribution in [0.4, 0.5) is 0 Å². The molecular formula is C57H107NO4. The van der Waals surface area contributed by atoms with Crippen molar-refractivity contribution in [2.75, 3.05) is 6.61 Å². The van der Waals surface area contributed by atoms with E-state index in [1.165, 1.54) is 218 Å². The third kappa shape index (κ3) is 46.3. The molecule has 0 heterocycles. The molecule has 5 heteroatoms. The minimum atomic E-state index is -1.11. The summed E-state index contributed by atoms with van der Waals surface area (Å²) in [5.74, 6) is -0.511. The second kappa shape index (κ2) is 51.9. The van der Waals surface area contributed by atoms with Crippen molar-refractivity contribution in [1.29, 1.82) is 0 Å². The summed E-state index contributed by atoms with van der Waals surface area (Å²) < 4.78 is 0. The van der Waals surface area contributed by atoms with E-state index < -0.39 is 24.2 Å². The van der Waals surface area contributed by atoms with Gasteiger partial charge in [0.15, 0.2) is 0 Å². The quantitative estimate of drug-likeness (QED) is 0.0362. The predicted molar refractivity (Wildman–Crippen MR) is 273 cm³/mol. The zero-order valence-corrected chi connectivity index (χ0v) is 41.5. The molecule has 3 unspecified atom stereocenters. The topological polar surface area (TPSA) is 89.8 Å². The third-order valence-corrected chi connectivity index (χ3v) is 12.6. The fourth-order valence-corrected chi connectivity index (χ4v) is 8.35. The second-order valence-corrected chi connectivity index (χ2v) is 18.8. The van der Waals surface area contributed by atoms with Gasteiger partial charge in [0.05, 0.1) is 18.8 Å². The highest BCUT2D eigenvalue weighted by Crippen LogP contribution is 2.16. The van der Waals surface area contributed by atoms with E-state index >= 15 is 0 Å². The Balaban J connectivity index is 3.60. The van der Waals surface area contributed by atoms with Crippen LogP contribution < -0.4 is 5.32 Å². The SMILES string of the molecule is CCCCCCCCCCC/C=C\C/C=C\CCCCCCCCCCCCCCCCC(O)C(=O)NC(CO)C(O)/C=C/CC/C=C/CCCCCCCCCCCCCC. The van der Waals surface area contributed by atoms with Gasteiger partial charge in [-0.15, -0.1) is 0 Å². The normalized spacial score (nSPS) is 13.7. The van der Waals surface area contributed by atoms with Crippen molar-refractivity contribution >= 4 is 5.91 Å². The Bertz CT molecular complexity index is 1000. The average Bonchev–Trinajstić information content (AvgIpc) is 3.28. The van der Waals surface area contributed by atoms with E-state index in [-0.39, 0.29) is 6.61 Å². The van der Waals surface area contributed by atoms with Crippen LogP contribution in [0.3, 0.4) is 0 Å². The minimum Gasteiger partial charge on any atom is -0.394 e. The van der Waals surface area contributed by atoms with Crippen LogP contribution >= 0.6 is 0 Å². The molecule has 364 valence electrons. The molecule has 0 fully saturated rings. The molecule has 0 aromatic rings. The van der Waals surface area contributed by atoms with Crippen LogP contribution in [-0.2, 0) is 4.79 Å². The number of allylic oxidation sites excluding steroid dienone is 7. The number of carbonyl (C=O) groups excluding carboxylic acids is 1. The molecule has 0 spiro atoms. The first kappa shape index (κ1) is 60.3. The first-order valence-corrected chi connectivity index (χ1v) is 27.5. The van der Waals surface area contributed by atoms with Gasteiger partial charge in [-0.05, 0) is 64.2 Å². The maximum absolute atomic E-state index is 12.5. The molecular weight excluding hydrogens is 763 g/mol. The molecule has 0 aliphatic carbocycles. The Hall–Kier alpha value is -1.69. The first-order valence-electron chi connectivity index (χ1n) is 27.5. The molecule has 0 bridgehead atoms. The largest absolute Gasteiger partial charge is 0.394 e. The summed E-state index contributed by atoms with van der Waals surface area (Å²) in [6.45, 7) is 4.19. The van der Waals surface area contributed by atoms with Gasteiger partial charge in [-0.3, -0.25) is 4.79 Å². The third-order valence-electron chi connectivity index (χ3n) is 12.6. The maximum atomic E-state index is 12.5. The van der Waals surface area contributed by atoms with Crippen molar-refractivity contribution in [1.82, 2.24) is 5.32 Å².